The Morgan fingerprint density at radius 3 is 2.55 bits per heavy atom. The lowest BCUT2D eigenvalue weighted by molar-refractivity contribution is -0.128. The van der Waals surface area contributed by atoms with Gasteiger partial charge in [-0.05, 0) is 54.7 Å². The van der Waals surface area contributed by atoms with Crippen molar-refractivity contribution in [2.75, 3.05) is 11.1 Å². The molecule has 0 spiro atoms. The number of nitrogens with one attached hydrogen (secondary N) is 3. The predicted octanol–water partition coefficient (Wildman–Crippen LogP) is 2.63. The lowest BCUT2D eigenvalue weighted by Crippen LogP contribution is -2.54. The highest BCUT2D eigenvalue weighted by molar-refractivity contribution is 8.00. The summed E-state index contributed by atoms with van der Waals surface area (Å²) >= 11 is 1.43. The minimum Gasteiger partial charge on any atom is -0.350 e. The van der Waals surface area contributed by atoms with E-state index >= 15 is 0 Å². The molecule has 6 nitrogen and oxygen atoms in total. The Bertz CT molecular complexity index is 978. The molecule has 4 rings (SSSR count). The number of halogens is 1. The summed E-state index contributed by atoms with van der Waals surface area (Å²) in [5, 5.41) is 8.23. The zero-order valence-corrected chi connectivity index (χ0v) is 17.7. The van der Waals surface area contributed by atoms with Gasteiger partial charge in [0, 0.05) is 23.9 Å². The van der Waals surface area contributed by atoms with E-state index in [1.165, 1.54) is 23.9 Å². The SMILES string of the molecule is O=C(Nc1cccc(CNC(=O)C2CSC(Cc3ccc(F)cc3)C(=O)N2)c1)C1CC1. The third-order valence-electron chi connectivity index (χ3n) is 5.33. The number of carbonyl (C=O) groups is 3. The second-order valence-electron chi connectivity index (χ2n) is 7.90. The zero-order valence-electron chi connectivity index (χ0n) is 16.9. The van der Waals surface area contributed by atoms with Crippen molar-refractivity contribution in [2.24, 2.45) is 5.92 Å². The van der Waals surface area contributed by atoms with Crippen molar-refractivity contribution in [3.8, 4) is 0 Å². The normalized spacial score (nSPS) is 20.6. The standard InChI is InChI=1S/C23H24FN3O3S/c24-17-8-4-14(5-9-17)11-20-23(30)27-19(13-31-20)22(29)25-12-15-2-1-3-18(10-15)26-21(28)16-6-7-16/h1-5,8-10,16,19-20H,6-7,11-13H2,(H,25,29)(H,26,28)(H,27,30). The quantitative estimate of drug-likeness (QED) is 0.617. The summed E-state index contributed by atoms with van der Waals surface area (Å²) in [5.74, 6) is -0.0990. The fourth-order valence-electron chi connectivity index (χ4n) is 3.38. The van der Waals surface area contributed by atoms with Gasteiger partial charge in [-0.3, -0.25) is 14.4 Å². The molecule has 2 atom stereocenters. The van der Waals surface area contributed by atoms with Crippen molar-refractivity contribution in [1.82, 2.24) is 10.6 Å². The number of rotatable bonds is 7. The summed E-state index contributed by atoms with van der Waals surface area (Å²) in [6.45, 7) is 0.308. The molecule has 2 unspecified atom stereocenters. The zero-order chi connectivity index (χ0) is 21.8. The van der Waals surface area contributed by atoms with Gasteiger partial charge in [-0.1, -0.05) is 24.3 Å². The molecule has 0 bridgehead atoms. The Labute approximate surface area is 184 Å². The summed E-state index contributed by atoms with van der Waals surface area (Å²) in [6.07, 6.45) is 2.37. The van der Waals surface area contributed by atoms with E-state index in [-0.39, 0.29) is 34.7 Å². The van der Waals surface area contributed by atoms with E-state index < -0.39 is 6.04 Å². The average molecular weight is 442 g/mol. The Morgan fingerprint density at radius 1 is 1.06 bits per heavy atom. The van der Waals surface area contributed by atoms with E-state index in [1.54, 1.807) is 12.1 Å². The van der Waals surface area contributed by atoms with Crippen molar-refractivity contribution in [3.63, 3.8) is 0 Å². The lowest BCUT2D eigenvalue weighted by Gasteiger charge is -2.28. The molecular weight excluding hydrogens is 417 g/mol. The van der Waals surface area contributed by atoms with Crippen LogP contribution in [-0.4, -0.2) is 34.8 Å². The number of amides is 3. The minimum atomic E-state index is -0.597. The molecule has 3 amide bonds. The first-order chi connectivity index (χ1) is 15.0. The van der Waals surface area contributed by atoms with Gasteiger partial charge in [-0.2, -0.15) is 0 Å². The summed E-state index contributed by atoms with van der Waals surface area (Å²) < 4.78 is 13.0. The fourth-order valence-corrected chi connectivity index (χ4v) is 4.57. The maximum Gasteiger partial charge on any atom is 0.243 e. The molecule has 1 heterocycles. The molecule has 2 aromatic rings. The van der Waals surface area contributed by atoms with E-state index in [1.807, 2.05) is 24.3 Å². The van der Waals surface area contributed by atoms with Crippen molar-refractivity contribution >= 4 is 35.2 Å². The van der Waals surface area contributed by atoms with Gasteiger partial charge in [0.2, 0.25) is 17.7 Å². The summed E-state index contributed by atoms with van der Waals surface area (Å²) in [6, 6.07) is 12.9. The molecule has 31 heavy (non-hydrogen) atoms. The van der Waals surface area contributed by atoms with Crippen LogP contribution in [0.4, 0.5) is 10.1 Å². The molecule has 0 aromatic heterocycles. The summed E-state index contributed by atoms with van der Waals surface area (Å²) in [7, 11) is 0. The molecule has 1 saturated carbocycles. The maximum absolute atomic E-state index is 13.0. The van der Waals surface area contributed by atoms with Gasteiger partial charge in [0.15, 0.2) is 0 Å². The lowest BCUT2D eigenvalue weighted by atomic mass is 10.1. The molecule has 162 valence electrons. The maximum atomic E-state index is 13.0. The second kappa shape index (κ2) is 9.51. The highest BCUT2D eigenvalue weighted by Crippen LogP contribution is 2.30. The third-order valence-corrected chi connectivity index (χ3v) is 6.64. The average Bonchev–Trinajstić information content (AvgIpc) is 3.61. The van der Waals surface area contributed by atoms with Gasteiger partial charge in [-0.15, -0.1) is 11.8 Å². The highest BCUT2D eigenvalue weighted by atomic mass is 32.2. The molecule has 8 heteroatoms. The van der Waals surface area contributed by atoms with Crippen LogP contribution < -0.4 is 16.0 Å². The van der Waals surface area contributed by atoms with Crippen LogP contribution in [-0.2, 0) is 27.3 Å². The van der Waals surface area contributed by atoms with Gasteiger partial charge in [-0.25, -0.2) is 4.39 Å². The van der Waals surface area contributed by atoms with Crippen molar-refractivity contribution < 1.29 is 18.8 Å². The van der Waals surface area contributed by atoms with Gasteiger partial charge in [0.1, 0.15) is 11.9 Å². The van der Waals surface area contributed by atoms with Gasteiger partial charge in [0.05, 0.1) is 5.25 Å². The molecule has 2 aromatic carbocycles. The monoisotopic (exact) mass is 441 g/mol. The third kappa shape index (κ3) is 5.85. The fraction of sp³-hybridized carbons (Fsp3) is 0.348. The Balaban J connectivity index is 1.25. The van der Waals surface area contributed by atoms with Crippen molar-refractivity contribution in [3.05, 3.63) is 65.5 Å². The van der Waals surface area contributed by atoms with Crippen LogP contribution in [0.1, 0.15) is 24.0 Å². The van der Waals surface area contributed by atoms with E-state index in [9.17, 15) is 18.8 Å². The second-order valence-corrected chi connectivity index (χ2v) is 9.13. The van der Waals surface area contributed by atoms with E-state index in [0.717, 1.165) is 24.0 Å². The largest absolute Gasteiger partial charge is 0.350 e. The molecule has 0 radical (unpaired) electrons. The van der Waals surface area contributed by atoms with Crippen LogP contribution in [0, 0.1) is 11.7 Å². The minimum absolute atomic E-state index is 0.0401. The van der Waals surface area contributed by atoms with E-state index in [2.05, 4.69) is 16.0 Å². The topological polar surface area (TPSA) is 87.3 Å². The van der Waals surface area contributed by atoms with Crippen LogP contribution in [0.5, 0.6) is 0 Å². The van der Waals surface area contributed by atoms with Gasteiger partial charge < -0.3 is 16.0 Å². The first-order valence-corrected chi connectivity index (χ1v) is 11.4. The van der Waals surface area contributed by atoms with Crippen molar-refractivity contribution in [2.45, 2.75) is 37.1 Å². The van der Waals surface area contributed by atoms with Crippen LogP contribution in [0.25, 0.3) is 0 Å². The molecule has 2 aliphatic rings. The van der Waals surface area contributed by atoms with Crippen LogP contribution in [0.15, 0.2) is 48.5 Å². The number of hydrogen-bond acceptors (Lipinski definition) is 4. The predicted molar refractivity (Wildman–Crippen MR) is 118 cm³/mol. The molecule has 2 fully saturated rings. The Morgan fingerprint density at radius 2 is 1.84 bits per heavy atom. The number of thioether (sulfide) groups is 1. The Hall–Kier alpha value is -2.87. The number of anilines is 1. The smallest absolute Gasteiger partial charge is 0.243 e. The summed E-state index contributed by atoms with van der Waals surface area (Å²) in [5.41, 5.74) is 2.46. The van der Waals surface area contributed by atoms with Gasteiger partial charge in [0.25, 0.3) is 0 Å². The first-order valence-electron chi connectivity index (χ1n) is 10.3. The number of benzene rings is 2. The van der Waals surface area contributed by atoms with E-state index in [0.29, 0.717) is 24.4 Å². The van der Waals surface area contributed by atoms with E-state index in [4.69, 9.17) is 0 Å². The molecular formula is C23H24FN3O3S. The Kier molecular flexibility index (Phi) is 6.56. The van der Waals surface area contributed by atoms with Crippen LogP contribution >= 0.6 is 11.8 Å². The van der Waals surface area contributed by atoms with Gasteiger partial charge >= 0.3 is 0 Å². The molecule has 1 saturated heterocycles. The molecule has 3 N–H and O–H groups in total. The highest BCUT2D eigenvalue weighted by Gasteiger charge is 2.32. The molecule has 1 aliphatic carbocycles. The molecule has 1 aliphatic heterocycles. The number of hydrogen-bond donors (Lipinski definition) is 3. The van der Waals surface area contributed by atoms with Crippen LogP contribution in [0.2, 0.25) is 0 Å². The summed E-state index contributed by atoms with van der Waals surface area (Å²) in [4.78, 5) is 36.9. The number of carbonyl (C=O) groups excluding carboxylic acids is 3. The van der Waals surface area contributed by atoms with Crippen LogP contribution in [0.3, 0.4) is 0 Å². The first kappa shape index (κ1) is 21.4. The van der Waals surface area contributed by atoms with Crippen molar-refractivity contribution in [1.29, 1.82) is 0 Å².